The molecule has 0 unspecified atom stereocenters. The number of hydrogen-bond acceptors (Lipinski definition) is 5. The van der Waals surface area contributed by atoms with E-state index in [1.807, 2.05) is 30.3 Å². The molecule has 0 bridgehead atoms. The molecule has 1 saturated heterocycles. The number of benzene rings is 1. The number of likely N-dealkylation sites (tertiary alicyclic amines) is 1. The monoisotopic (exact) mass is 393 g/mol. The summed E-state index contributed by atoms with van der Waals surface area (Å²) < 4.78 is 10.9. The number of hydrogen-bond donors (Lipinski definition) is 1. The first-order valence-electron chi connectivity index (χ1n) is 9.81. The quantitative estimate of drug-likeness (QED) is 0.694. The smallest absolute Gasteiger partial charge is 0.289 e. The third kappa shape index (κ3) is 4.74. The van der Waals surface area contributed by atoms with Crippen molar-refractivity contribution in [1.82, 2.24) is 15.2 Å². The van der Waals surface area contributed by atoms with E-state index in [1.54, 1.807) is 23.2 Å². The van der Waals surface area contributed by atoms with Crippen LogP contribution in [0.5, 0.6) is 0 Å². The Hall–Kier alpha value is -3.35. The van der Waals surface area contributed by atoms with E-state index in [2.05, 4.69) is 10.3 Å². The molecule has 3 heterocycles. The van der Waals surface area contributed by atoms with E-state index in [9.17, 15) is 9.59 Å². The van der Waals surface area contributed by atoms with Gasteiger partial charge < -0.3 is 19.1 Å². The van der Waals surface area contributed by atoms with Crippen LogP contribution in [-0.4, -0.2) is 40.8 Å². The molecule has 1 aliphatic rings. The zero-order valence-corrected chi connectivity index (χ0v) is 16.0. The fraction of sp³-hybridized carbons (Fsp3) is 0.318. The number of aromatic nitrogens is 1. The lowest BCUT2D eigenvalue weighted by atomic mass is 10.0. The molecule has 4 rings (SSSR count). The molecular formula is C22H23N3O4. The molecule has 0 saturated carbocycles. The third-order valence-corrected chi connectivity index (χ3v) is 5.06. The topological polar surface area (TPSA) is 88.6 Å². The van der Waals surface area contributed by atoms with Crippen LogP contribution in [0.25, 0.3) is 11.3 Å². The number of rotatable bonds is 6. The fourth-order valence-corrected chi connectivity index (χ4v) is 3.47. The van der Waals surface area contributed by atoms with Crippen LogP contribution >= 0.6 is 0 Å². The van der Waals surface area contributed by atoms with Gasteiger partial charge in [-0.05, 0) is 25.0 Å². The van der Waals surface area contributed by atoms with Gasteiger partial charge in [-0.15, -0.1) is 0 Å². The largest absolute Gasteiger partial charge is 0.459 e. The summed E-state index contributed by atoms with van der Waals surface area (Å²) in [5, 5.41) is 3.05. The molecule has 1 aromatic carbocycles. The Labute approximate surface area is 168 Å². The Morgan fingerprint density at radius 1 is 1.10 bits per heavy atom. The highest BCUT2D eigenvalue weighted by Crippen LogP contribution is 2.20. The number of oxazole rings is 1. The normalized spacial score (nSPS) is 14.7. The predicted octanol–water partition coefficient (Wildman–Crippen LogP) is 3.29. The fourth-order valence-electron chi connectivity index (χ4n) is 3.47. The summed E-state index contributed by atoms with van der Waals surface area (Å²) in [7, 11) is 0. The van der Waals surface area contributed by atoms with Crippen LogP contribution in [0.4, 0.5) is 0 Å². The van der Waals surface area contributed by atoms with Gasteiger partial charge in [0, 0.05) is 37.5 Å². The van der Waals surface area contributed by atoms with Gasteiger partial charge in [0.2, 0.25) is 5.91 Å². The summed E-state index contributed by atoms with van der Waals surface area (Å²) in [6.45, 7) is 1.20. The first-order valence-corrected chi connectivity index (χ1v) is 9.81. The second-order valence-electron chi connectivity index (χ2n) is 7.10. The maximum atomic E-state index is 12.3. The zero-order valence-electron chi connectivity index (χ0n) is 16.0. The highest BCUT2D eigenvalue weighted by molar-refractivity contribution is 5.91. The number of aryl methyl sites for hydroxylation is 1. The molecule has 2 aromatic heterocycles. The summed E-state index contributed by atoms with van der Waals surface area (Å²) in [6.07, 6.45) is 5.42. The molecule has 0 atom stereocenters. The Kier molecular flexibility index (Phi) is 5.74. The van der Waals surface area contributed by atoms with Crippen molar-refractivity contribution >= 4 is 11.8 Å². The van der Waals surface area contributed by atoms with E-state index >= 15 is 0 Å². The summed E-state index contributed by atoms with van der Waals surface area (Å²) in [6, 6.07) is 13.2. The van der Waals surface area contributed by atoms with Crippen molar-refractivity contribution in [3.8, 4) is 11.3 Å². The van der Waals surface area contributed by atoms with Gasteiger partial charge in [-0.2, -0.15) is 0 Å². The van der Waals surface area contributed by atoms with Crippen molar-refractivity contribution < 1.29 is 18.4 Å². The first-order chi connectivity index (χ1) is 14.2. The molecule has 29 heavy (non-hydrogen) atoms. The van der Waals surface area contributed by atoms with Gasteiger partial charge in [-0.3, -0.25) is 9.59 Å². The second-order valence-corrected chi connectivity index (χ2v) is 7.10. The molecule has 1 N–H and O–H groups in total. The molecule has 7 nitrogen and oxygen atoms in total. The molecule has 7 heteroatoms. The number of furan rings is 1. The van der Waals surface area contributed by atoms with Gasteiger partial charge in [0.15, 0.2) is 17.4 Å². The summed E-state index contributed by atoms with van der Waals surface area (Å²) in [5.74, 6) is 1.49. The number of nitrogens with zero attached hydrogens (tertiary/aromatic N) is 2. The Balaban J connectivity index is 1.21. The number of carbonyl (C=O) groups is 2. The maximum Gasteiger partial charge on any atom is 0.289 e. The Morgan fingerprint density at radius 3 is 2.62 bits per heavy atom. The predicted molar refractivity (Wildman–Crippen MR) is 106 cm³/mol. The van der Waals surface area contributed by atoms with Crippen LogP contribution in [0.1, 0.15) is 35.7 Å². The maximum absolute atomic E-state index is 12.3. The molecule has 2 amide bonds. The third-order valence-electron chi connectivity index (χ3n) is 5.06. The lowest BCUT2D eigenvalue weighted by Gasteiger charge is -2.31. The molecule has 3 aromatic rings. The minimum Gasteiger partial charge on any atom is -0.459 e. The molecule has 0 aliphatic carbocycles. The van der Waals surface area contributed by atoms with Crippen LogP contribution < -0.4 is 5.32 Å². The van der Waals surface area contributed by atoms with Crippen molar-refractivity contribution in [2.24, 2.45) is 0 Å². The molecular weight excluding hydrogens is 370 g/mol. The molecule has 0 spiro atoms. The van der Waals surface area contributed by atoms with Gasteiger partial charge in [0.1, 0.15) is 0 Å². The van der Waals surface area contributed by atoms with Gasteiger partial charge in [0.25, 0.3) is 5.91 Å². The van der Waals surface area contributed by atoms with Gasteiger partial charge >= 0.3 is 0 Å². The lowest BCUT2D eigenvalue weighted by molar-refractivity contribution is -0.122. The van der Waals surface area contributed by atoms with Crippen LogP contribution in [0.3, 0.4) is 0 Å². The summed E-state index contributed by atoms with van der Waals surface area (Å²) in [5.41, 5.74) is 0.964. The SMILES string of the molecule is O=C(CCc1ncc(-c2ccccc2)o1)NC1CCN(C(=O)c2ccco2)CC1. The van der Waals surface area contributed by atoms with Crippen molar-refractivity contribution in [1.29, 1.82) is 0 Å². The van der Waals surface area contributed by atoms with Crippen molar-refractivity contribution in [3.05, 3.63) is 66.6 Å². The van der Waals surface area contributed by atoms with Crippen molar-refractivity contribution in [2.75, 3.05) is 13.1 Å². The van der Waals surface area contributed by atoms with E-state index in [0.717, 1.165) is 18.4 Å². The summed E-state index contributed by atoms with van der Waals surface area (Å²) >= 11 is 0. The standard InChI is InChI=1S/C22H23N3O4/c26-20(8-9-21-23-15-19(29-21)16-5-2-1-3-6-16)24-17-10-12-25(13-11-17)22(27)18-7-4-14-28-18/h1-7,14-15,17H,8-13H2,(H,24,26). The zero-order chi connectivity index (χ0) is 20.1. The molecule has 0 radical (unpaired) electrons. The number of nitrogens with one attached hydrogen (secondary N) is 1. The van der Waals surface area contributed by atoms with Crippen LogP contribution in [0, 0.1) is 0 Å². The number of piperidine rings is 1. The van der Waals surface area contributed by atoms with E-state index in [-0.39, 0.29) is 17.9 Å². The van der Waals surface area contributed by atoms with Crippen LogP contribution in [0.15, 0.2) is 63.8 Å². The Morgan fingerprint density at radius 2 is 1.90 bits per heavy atom. The van der Waals surface area contributed by atoms with Crippen molar-refractivity contribution in [3.63, 3.8) is 0 Å². The molecule has 1 aliphatic heterocycles. The Bertz CT molecular complexity index is 942. The highest BCUT2D eigenvalue weighted by atomic mass is 16.4. The average Bonchev–Trinajstić information content (AvgIpc) is 3.45. The molecule has 1 fully saturated rings. The van der Waals surface area contributed by atoms with Crippen LogP contribution in [0.2, 0.25) is 0 Å². The average molecular weight is 393 g/mol. The number of carbonyl (C=O) groups excluding carboxylic acids is 2. The lowest BCUT2D eigenvalue weighted by Crippen LogP contribution is -2.46. The van der Waals surface area contributed by atoms with E-state index in [0.29, 0.717) is 43.3 Å². The van der Waals surface area contributed by atoms with Crippen LogP contribution in [-0.2, 0) is 11.2 Å². The van der Waals surface area contributed by atoms with E-state index < -0.39 is 0 Å². The molecule has 150 valence electrons. The van der Waals surface area contributed by atoms with Gasteiger partial charge in [-0.25, -0.2) is 4.98 Å². The highest BCUT2D eigenvalue weighted by Gasteiger charge is 2.25. The van der Waals surface area contributed by atoms with Gasteiger partial charge in [-0.1, -0.05) is 30.3 Å². The first kappa shape index (κ1) is 19.0. The second kappa shape index (κ2) is 8.77. The number of amides is 2. The summed E-state index contributed by atoms with van der Waals surface area (Å²) in [4.78, 5) is 30.6. The van der Waals surface area contributed by atoms with Gasteiger partial charge in [0.05, 0.1) is 12.5 Å². The van der Waals surface area contributed by atoms with E-state index in [1.165, 1.54) is 6.26 Å². The van der Waals surface area contributed by atoms with Crippen molar-refractivity contribution in [2.45, 2.75) is 31.7 Å². The van der Waals surface area contributed by atoms with E-state index in [4.69, 9.17) is 8.83 Å². The minimum atomic E-state index is -0.0992. The minimum absolute atomic E-state index is 0.0275.